The maximum atomic E-state index is 12.5. The second-order valence-corrected chi connectivity index (χ2v) is 11.2. The molecule has 0 unspecified atom stereocenters. The maximum absolute atomic E-state index is 12.5. The lowest BCUT2D eigenvalue weighted by molar-refractivity contribution is -0.136. The average molecular weight is 718 g/mol. The number of aliphatic hydroxyl groups excluding tert-OH is 1. The van der Waals surface area contributed by atoms with Gasteiger partial charge < -0.3 is 39.4 Å². The van der Waals surface area contributed by atoms with Crippen LogP contribution in [-0.2, 0) is 16.1 Å². The smallest absolute Gasteiger partial charge is 0.337 e. The van der Waals surface area contributed by atoms with E-state index in [1.807, 2.05) is 19.1 Å². The van der Waals surface area contributed by atoms with Gasteiger partial charge in [-0.3, -0.25) is 5.43 Å². The van der Waals surface area contributed by atoms with Crippen LogP contribution in [0.1, 0.15) is 36.6 Å². The predicted molar refractivity (Wildman–Crippen MR) is 175 cm³/mol. The Hall–Kier alpha value is -4.46. The van der Waals surface area contributed by atoms with E-state index in [-0.39, 0.29) is 18.8 Å². The summed E-state index contributed by atoms with van der Waals surface area (Å²) in [5.41, 5.74) is 5.37. The van der Waals surface area contributed by atoms with Crippen LogP contribution in [0.5, 0.6) is 23.0 Å². The summed E-state index contributed by atoms with van der Waals surface area (Å²) >= 11 is 9.46. The highest BCUT2D eigenvalue weighted by molar-refractivity contribution is 9.10. The molecule has 3 aromatic carbocycles. The molecular formula is C32H34BrClN4O8. The molecule has 2 atom stereocenters. The van der Waals surface area contributed by atoms with Crippen LogP contribution < -0.4 is 35.0 Å². The van der Waals surface area contributed by atoms with E-state index in [9.17, 15) is 14.7 Å². The van der Waals surface area contributed by atoms with Gasteiger partial charge in [-0.15, -0.1) is 0 Å². The van der Waals surface area contributed by atoms with Crippen molar-refractivity contribution in [2.75, 3.05) is 27.4 Å². The first kappa shape index (κ1) is 34.4. The number of hydrogen-bond acceptors (Lipinski definition) is 10. The highest BCUT2D eigenvalue weighted by Crippen LogP contribution is 2.36. The second-order valence-electron chi connectivity index (χ2n) is 9.86. The zero-order chi connectivity index (χ0) is 33.2. The van der Waals surface area contributed by atoms with Crippen molar-refractivity contribution in [1.82, 2.24) is 16.1 Å². The van der Waals surface area contributed by atoms with Crippen molar-refractivity contribution in [3.63, 3.8) is 0 Å². The number of carbonyl (C=O) groups is 2. The number of hydrazone groups is 1. The van der Waals surface area contributed by atoms with Crippen molar-refractivity contribution in [2.24, 2.45) is 5.10 Å². The van der Waals surface area contributed by atoms with Crippen molar-refractivity contribution < 1.29 is 38.4 Å². The summed E-state index contributed by atoms with van der Waals surface area (Å²) in [7, 11) is 2.81. The van der Waals surface area contributed by atoms with E-state index in [2.05, 4.69) is 37.1 Å². The van der Waals surface area contributed by atoms with Gasteiger partial charge in [-0.1, -0.05) is 45.7 Å². The number of allylic oxidation sites excluding steroid dienone is 1. The number of nitrogens with one attached hydrogen (secondary N) is 3. The average Bonchev–Trinajstić information content (AvgIpc) is 3.03. The van der Waals surface area contributed by atoms with Gasteiger partial charge in [0.1, 0.15) is 13.2 Å². The fraction of sp³-hybridized carbons (Fsp3) is 0.281. The Morgan fingerprint density at radius 3 is 2.54 bits per heavy atom. The molecule has 0 spiro atoms. The van der Waals surface area contributed by atoms with Crippen LogP contribution in [0.3, 0.4) is 0 Å². The Morgan fingerprint density at radius 1 is 1.09 bits per heavy atom. The van der Waals surface area contributed by atoms with Crippen molar-refractivity contribution in [3.05, 3.63) is 92.1 Å². The van der Waals surface area contributed by atoms with Crippen molar-refractivity contribution in [1.29, 1.82) is 0 Å². The minimum atomic E-state index is -1.20. The molecule has 12 nitrogen and oxygen atoms in total. The van der Waals surface area contributed by atoms with Gasteiger partial charge in [0.25, 0.3) is 0 Å². The summed E-state index contributed by atoms with van der Waals surface area (Å²) in [4.78, 5) is 24.7. The summed E-state index contributed by atoms with van der Waals surface area (Å²) in [6, 6.07) is 14.6. The quantitative estimate of drug-likeness (QED) is 0.0764. The first-order valence-electron chi connectivity index (χ1n) is 14.1. The van der Waals surface area contributed by atoms with Crippen molar-refractivity contribution >= 4 is 45.7 Å². The molecule has 46 heavy (non-hydrogen) atoms. The molecule has 0 fully saturated rings. The maximum Gasteiger partial charge on any atom is 0.337 e. The van der Waals surface area contributed by atoms with Crippen LogP contribution in [0, 0.1) is 0 Å². The molecule has 244 valence electrons. The summed E-state index contributed by atoms with van der Waals surface area (Å²) in [5.74, 6) is 1.07. The zero-order valence-electron chi connectivity index (χ0n) is 25.6. The van der Waals surface area contributed by atoms with Gasteiger partial charge in [0.15, 0.2) is 29.2 Å². The third-order valence-corrected chi connectivity index (χ3v) is 7.37. The number of methoxy groups -OCH3 is 2. The Morgan fingerprint density at radius 2 is 1.85 bits per heavy atom. The zero-order valence-corrected chi connectivity index (χ0v) is 27.9. The summed E-state index contributed by atoms with van der Waals surface area (Å²) in [5, 5.41) is 20.7. The fourth-order valence-corrected chi connectivity index (χ4v) is 5.12. The largest absolute Gasteiger partial charge is 0.493 e. The number of rotatable bonds is 14. The third-order valence-electron chi connectivity index (χ3n) is 6.66. The molecule has 1 aliphatic rings. The number of carbonyl (C=O) groups excluding carboxylic acids is 2. The van der Waals surface area contributed by atoms with Crippen LogP contribution in [-0.4, -0.2) is 57.0 Å². The van der Waals surface area contributed by atoms with E-state index in [4.69, 9.17) is 35.3 Å². The normalized spacial score (nSPS) is 15.1. The Kier molecular flexibility index (Phi) is 12.1. The van der Waals surface area contributed by atoms with Crippen LogP contribution >= 0.6 is 27.5 Å². The first-order chi connectivity index (χ1) is 22.1. The topological polar surface area (TPSA) is 149 Å². The molecule has 14 heteroatoms. The van der Waals surface area contributed by atoms with E-state index in [1.54, 1.807) is 56.5 Å². The summed E-state index contributed by atoms with van der Waals surface area (Å²) in [6.45, 7) is 3.83. The molecule has 0 aromatic heterocycles. The number of esters is 1. The van der Waals surface area contributed by atoms with Gasteiger partial charge in [-0.05, 0) is 61.4 Å². The predicted octanol–water partition coefficient (Wildman–Crippen LogP) is 5.21. The highest BCUT2D eigenvalue weighted by atomic mass is 79.9. The number of halogens is 2. The molecule has 3 aromatic rings. The Bertz CT molecular complexity index is 1620. The molecule has 2 amide bonds. The second kappa shape index (κ2) is 16.2. The number of benzene rings is 3. The monoisotopic (exact) mass is 716 g/mol. The Labute approximate surface area is 279 Å². The Balaban J connectivity index is 1.44. The number of nitrogens with zero attached hydrogens (tertiary/aromatic N) is 1. The molecular weight excluding hydrogens is 684 g/mol. The van der Waals surface area contributed by atoms with E-state index in [0.29, 0.717) is 51.5 Å². The van der Waals surface area contributed by atoms with Gasteiger partial charge in [-0.25, -0.2) is 9.59 Å². The molecule has 1 heterocycles. The van der Waals surface area contributed by atoms with Crippen molar-refractivity contribution in [2.45, 2.75) is 32.7 Å². The van der Waals surface area contributed by atoms with Crippen molar-refractivity contribution in [3.8, 4) is 23.0 Å². The molecule has 0 radical (unpaired) electrons. The van der Waals surface area contributed by atoms with Crippen LogP contribution in [0.15, 0.2) is 75.4 Å². The first-order valence-corrected chi connectivity index (χ1v) is 15.3. The molecule has 0 aliphatic carbocycles. The van der Waals surface area contributed by atoms with Crippen LogP contribution in [0.4, 0.5) is 4.79 Å². The standard InChI is InChI=1S/C32H34BrClN4O8/c1-5-44-25-13-20(29-28(31(40)43-4)18(2)36-32(41)37-29)8-11-24(25)45-17-27(39)38-35-15-21-12-22(33)14-26(42-3)30(21)46-16-19-6-9-23(34)10-7-19/h6-15,27,29,38-39H,5,16-17H2,1-4H3,(H2,36,37,41)/b35-15+/t27-,29+/m1/s1. The van der Waals surface area contributed by atoms with E-state index < -0.39 is 24.3 Å². The number of amides is 2. The number of hydrogen-bond donors (Lipinski definition) is 4. The summed E-state index contributed by atoms with van der Waals surface area (Å²) in [6.07, 6.45) is 0.300. The van der Waals surface area contributed by atoms with Gasteiger partial charge in [0, 0.05) is 20.8 Å². The summed E-state index contributed by atoms with van der Waals surface area (Å²) < 4.78 is 28.8. The van der Waals surface area contributed by atoms with Crippen LogP contribution in [0.25, 0.3) is 0 Å². The van der Waals surface area contributed by atoms with Gasteiger partial charge >= 0.3 is 12.0 Å². The van der Waals surface area contributed by atoms with E-state index in [0.717, 1.165) is 10.0 Å². The minimum absolute atomic E-state index is 0.186. The lowest BCUT2D eigenvalue weighted by Crippen LogP contribution is -2.45. The van der Waals surface area contributed by atoms with Crippen LogP contribution in [0.2, 0.25) is 5.02 Å². The molecule has 4 N–H and O–H groups in total. The van der Waals surface area contributed by atoms with E-state index in [1.165, 1.54) is 13.3 Å². The molecule has 0 saturated heterocycles. The highest BCUT2D eigenvalue weighted by Gasteiger charge is 2.32. The lowest BCUT2D eigenvalue weighted by atomic mass is 9.95. The lowest BCUT2D eigenvalue weighted by Gasteiger charge is -2.28. The van der Waals surface area contributed by atoms with Gasteiger partial charge in [0.2, 0.25) is 0 Å². The van der Waals surface area contributed by atoms with E-state index >= 15 is 0 Å². The molecule has 0 saturated carbocycles. The fourth-order valence-electron chi connectivity index (χ4n) is 4.54. The van der Waals surface area contributed by atoms with Gasteiger partial charge in [-0.2, -0.15) is 5.10 Å². The number of ether oxygens (including phenoxy) is 5. The van der Waals surface area contributed by atoms with Gasteiger partial charge in [0.05, 0.1) is 38.7 Å². The molecule has 4 rings (SSSR count). The third kappa shape index (κ3) is 8.83. The number of urea groups is 1. The minimum Gasteiger partial charge on any atom is -0.493 e. The molecule has 1 aliphatic heterocycles. The number of aliphatic hydroxyl groups is 1. The SMILES string of the molecule is CCOc1cc([C@@H]2NC(=O)NC(C)=C2C(=O)OC)ccc1OC[C@@H](O)N/N=C/c1cc(Br)cc(OC)c1OCc1ccc(Cl)cc1. The molecule has 0 bridgehead atoms.